The zero-order chi connectivity index (χ0) is 16.4. The Hall–Kier alpha value is -0.120. The van der Waals surface area contributed by atoms with Crippen molar-refractivity contribution in [3.05, 3.63) is 0 Å². The lowest BCUT2D eigenvalue weighted by Crippen LogP contribution is -2.24. The van der Waals surface area contributed by atoms with Crippen LogP contribution in [0, 0.1) is 0 Å². The highest BCUT2D eigenvalue weighted by molar-refractivity contribution is 4.53. The average molecular weight is 329 g/mol. The Balaban J connectivity index is 1.67. The number of unbranched alkanes of at least 4 members (excludes halogenated alkanes) is 10. The molecule has 1 atom stereocenters. The number of rotatable bonds is 16. The molecule has 1 heterocycles. The molecule has 1 saturated heterocycles. The van der Waals surface area contributed by atoms with Crippen LogP contribution in [0.5, 0.6) is 0 Å². The molecule has 1 rings (SSSR count). The maximum atomic E-state index is 5.64. The smallest absolute Gasteiger partial charge is 0.157 e. The van der Waals surface area contributed by atoms with Crippen molar-refractivity contribution in [2.24, 2.45) is 0 Å². The van der Waals surface area contributed by atoms with Crippen LogP contribution in [0.3, 0.4) is 0 Å². The number of hydrogen-bond acceptors (Lipinski definition) is 3. The molecule has 3 nitrogen and oxygen atoms in total. The molecule has 0 aromatic heterocycles. The van der Waals surface area contributed by atoms with Crippen molar-refractivity contribution in [1.82, 2.24) is 0 Å². The van der Waals surface area contributed by atoms with Gasteiger partial charge in [0.05, 0.1) is 13.2 Å². The van der Waals surface area contributed by atoms with E-state index < -0.39 is 0 Å². The fourth-order valence-corrected chi connectivity index (χ4v) is 3.05. The number of ether oxygens (including phenoxy) is 3. The molecule has 0 bridgehead atoms. The molecule has 0 aliphatic carbocycles. The first-order valence-corrected chi connectivity index (χ1v) is 10.2. The van der Waals surface area contributed by atoms with Gasteiger partial charge in [0.2, 0.25) is 0 Å². The molecule has 0 radical (unpaired) electrons. The molecule has 1 unspecified atom stereocenters. The Bertz CT molecular complexity index is 227. The van der Waals surface area contributed by atoms with Crippen molar-refractivity contribution in [3.63, 3.8) is 0 Å². The van der Waals surface area contributed by atoms with Gasteiger partial charge in [0.1, 0.15) is 0 Å². The van der Waals surface area contributed by atoms with Gasteiger partial charge in [0.15, 0.2) is 6.29 Å². The summed E-state index contributed by atoms with van der Waals surface area (Å²) in [7, 11) is 0. The van der Waals surface area contributed by atoms with Gasteiger partial charge in [-0.3, -0.25) is 0 Å². The molecule has 0 aromatic carbocycles. The lowest BCUT2D eigenvalue weighted by Gasteiger charge is -2.22. The molecule has 0 aromatic rings. The highest BCUT2D eigenvalue weighted by atomic mass is 16.7. The van der Waals surface area contributed by atoms with Crippen molar-refractivity contribution in [2.45, 2.75) is 103 Å². The SMILES string of the molecule is CCCCCCCCCCCCCOCCOC1CCCCO1. The third kappa shape index (κ3) is 14.0. The van der Waals surface area contributed by atoms with Gasteiger partial charge in [-0.1, -0.05) is 71.1 Å². The van der Waals surface area contributed by atoms with Crippen molar-refractivity contribution in [2.75, 3.05) is 26.4 Å². The lowest BCUT2D eigenvalue weighted by atomic mass is 10.1. The van der Waals surface area contributed by atoms with Crippen LogP contribution in [0.4, 0.5) is 0 Å². The van der Waals surface area contributed by atoms with Gasteiger partial charge in [0.25, 0.3) is 0 Å². The third-order valence-electron chi connectivity index (χ3n) is 4.56. The van der Waals surface area contributed by atoms with E-state index in [0.29, 0.717) is 13.2 Å². The quantitative estimate of drug-likeness (QED) is 0.332. The number of hydrogen-bond donors (Lipinski definition) is 0. The van der Waals surface area contributed by atoms with Gasteiger partial charge in [-0.15, -0.1) is 0 Å². The van der Waals surface area contributed by atoms with Gasteiger partial charge >= 0.3 is 0 Å². The molecular weight excluding hydrogens is 288 g/mol. The molecule has 1 fully saturated rings. The van der Waals surface area contributed by atoms with Crippen LogP contribution < -0.4 is 0 Å². The van der Waals surface area contributed by atoms with Crippen LogP contribution in [0.25, 0.3) is 0 Å². The first kappa shape index (κ1) is 20.9. The minimum absolute atomic E-state index is 0.0225. The van der Waals surface area contributed by atoms with E-state index in [1.54, 1.807) is 0 Å². The first-order valence-electron chi connectivity index (χ1n) is 10.2. The highest BCUT2D eigenvalue weighted by Crippen LogP contribution is 2.13. The zero-order valence-corrected chi connectivity index (χ0v) is 15.5. The molecule has 1 aliphatic rings. The van der Waals surface area contributed by atoms with Crippen LogP contribution in [-0.4, -0.2) is 32.7 Å². The molecule has 23 heavy (non-hydrogen) atoms. The second-order valence-corrected chi connectivity index (χ2v) is 6.81. The molecule has 0 spiro atoms. The van der Waals surface area contributed by atoms with E-state index in [2.05, 4.69) is 6.92 Å². The molecule has 1 aliphatic heterocycles. The monoisotopic (exact) mass is 328 g/mol. The third-order valence-corrected chi connectivity index (χ3v) is 4.56. The van der Waals surface area contributed by atoms with Gasteiger partial charge < -0.3 is 14.2 Å². The Kier molecular flexibility index (Phi) is 15.2. The van der Waals surface area contributed by atoms with Crippen molar-refractivity contribution >= 4 is 0 Å². The summed E-state index contributed by atoms with van der Waals surface area (Å²) in [6, 6.07) is 0. The molecule has 0 amide bonds. The summed E-state index contributed by atoms with van der Waals surface area (Å²) in [5, 5.41) is 0. The van der Waals surface area contributed by atoms with E-state index in [1.165, 1.54) is 83.5 Å². The molecular formula is C20H40O3. The van der Waals surface area contributed by atoms with Crippen LogP contribution in [0.1, 0.15) is 96.8 Å². The van der Waals surface area contributed by atoms with E-state index in [0.717, 1.165) is 19.6 Å². The average Bonchev–Trinajstić information content (AvgIpc) is 2.59. The summed E-state index contributed by atoms with van der Waals surface area (Å²) >= 11 is 0. The van der Waals surface area contributed by atoms with Crippen LogP contribution in [0.2, 0.25) is 0 Å². The predicted octanol–water partition coefficient (Wildman–Crippen LogP) is 5.86. The minimum atomic E-state index is 0.0225. The van der Waals surface area contributed by atoms with E-state index in [4.69, 9.17) is 14.2 Å². The van der Waals surface area contributed by atoms with E-state index in [-0.39, 0.29) is 6.29 Å². The Morgan fingerprint density at radius 1 is 0.739 bits per heavy atom. The van der Waals surface area contributed by atoms with E-state index >= 15 is 0 Å². The van der Waals surface area contributed by atoms with Crippen LogP contribution in [0.15, 0.2) is 0 Å². The minimum Gasteiger partial charge on any atom is -0.379 e. The normalized spacial score (nSPS) is 18.4. The van der Waals surface area contributed by atoms with Gasteiger partial charge in [-0.2, -0.15) is 0 Å². The summed E-state index contributed by atoms with van der Waals surface area (Å²) < 4.78 is 16.8. The summed E-state index contributed by atoms with van der Waals surface area (Å²) in [6.07, 6.45) is 18.7. The standard InChI is InChI=1S/C20H40O3/c1-2-3-4-5-6-7-8-9-10-11-13-16-21-18-19-23-20-15-12-14-17-22-20/h20H,2-19H2,1H3. The van der Waals surface area contributed by atoms with Crippen LogP contribution >= 0.6 is 0 Å². The summed E-state index contributed by atoms with van der Waals surface area (Å²) in [4.78, 5) is 0. The fraction of sp³-hybridized carbons (Fsp3) is 1.00. The second kappa shape index (κ2) is 16.7. The van der Waals surface area contributed by atoms with Crippen molar-refractivity contribution < 1.29 is 14.2 Å². The largest absolute Gasteiger partial charge is 0.379 e. The van der Waals surface area contributed by atoms with Crippen molar-refractivity contribution in [1.29, 1.82) is 0 Å². The van der Waals surface area contributed by atoms with E-state index in [1.807, 2.05) is 0 Å². The summed E-state index contributed by atoms with van der Waals surface area (Å²) in [5.74, 6) is 0. The van der Waals surface area contributed by atoms with Crippen LogP contribution in [-0.2, 0) is 14.2 Å². The maximum absolute atomic E-state index is 5.64. The molecule has 138 valence electrons. The lowest BCUT2D eigenvalue weighted by molar-refractivity contribution is -0.169. The summed E-state index contributed by atoms with van der Waals surface area (Å²) in [6.45, 7) is 5.39. The second-order valence-electron chi connectivity index (χ2n) is 6.81. The predicted molar refractivity (Wildman–Crippen MR) is 96.8 cm³/mol. The van der Waals surface area contributed by atoms with Crippen molar-refractivity contribution in [3.8, 4) is 0 Å². The first-order chi connectivity index (χ1) is 11.4. The Labute approximate surface area is 144 Å². The highest BCUT2D eigenvalue weighted by Gasteiger charge is 2.13. The van der Waals surface area contributed by atoms with Gasteiger partial charge in [-0.05, 0) is 25.7 Å². The topological polar surface area (TPSA) is 27.7 Å². The van der Waals surface area contributed by atoms with Gasteiger partial charge in [0, 0.05) is 13.2 Å². The Morgan fingerprint density at radius 3 is 2.00 bits per heavy atom. The maximum Gasteiger partial charge on any atom is 0.157 e. The molecule has 3 heteroatoms. The summed E-state index contributed by atoms with van der Waals surface area (Å²) in [5.41, 5.74) is 0. The molecule has 0 saturated carbocycles. The Morgan fingerprint density at radius 2 is 1.39 bits per heavy atom. The zero-order valence-electron chi connectivity index (χ0n) is 15.5. The van der Waals surface area contributed by atoms with Gasteiger partial charge in [-0.25, -0.2) is 0 Å². The van der Waals surface area contributed by atoms with E-state index in [9.17, 15) is 0 Å². The fourth-order valence-electron chi connectivity index (χ4n) is 3.05. The molecule has 0 N–H and O–H groups in total.